The maximum Gasteiger partial charge on any atom is 0.261 e. The van der Waals surface area contributed by atoms with Crippen LogP contribution in [0.2, 0.25) is 0 Å². The lowest BCUT2D eigenvalue weighted by atomic mass is 10.1. The summed E-state index contributed by atoms with van der Waals surface area (Å²) in [7, 11) is 3.31. The van der Waals surface area contributed by atoms with Crippen LogP contribution in [0.3, 0.4) is 0 Å². The summed E-state index contributed by atoms with van der Waals surface area (Å²) in [6, 6.07) is 25.7. The van der Waals surface area contributed by atoms with Gasteiger partial charge in [-0.15, -0.1) is 0 Å². The molecule has 4 rings (SSSR count). The summed E-state index contributed by atoms with van der Waals surface area (Å²) in [4.78, 5) is 5.85. The molecule has 4 aromatic rings. The first-order valence-electron chi connectivity index (χ1n) is 8.79. The monoisotopic (exact) mass is 389 g/mol. The van der Waals surface area contributed by atoms with Crippen LogP contribution >= 0.6 is 11.8 Å². The Hall–Kier alpha value is -3.18. The van der Waals surface area contributed by atoms with Crippen LogP contribution in [0, 0.1) is 0 Å². The normalized spacial score (nSPS) is 10.6. The van der Waals surface area contributed by atoms with Crippen LogP contribution in [-0.2, 0) is 0 Å². The summed E-state index contributed by atoms with van der Waals surface area (Å²) in [6.07, 6.45) is 0. The van der Waals surface area contributed by atoms with Gasteiger partial charge in [0.2, 0.25) is 0 Å². The number of hydrogen-bond acceptors (Lipinski definition) is 5. The second-order valence-corrected chi connectivity index (χ2v) is 7.05. The number of nitrogens with zero attached hydrogens (tertiary/aromatic N) is 1. The quantitative estimate of drug-likeness (QED) is 0.394. The van der Waals surface area contributed by atoms with Crippen LogP contribution in [0.4, 0.5) is 0 Å². The predicted molar refractivity (Wildman–Crippen MR) is 111 cm³/mol. The molecule has 3 aromatic carbocycles. The smallest absolute Gasteiger partial charge is 0.261 e. The van der Waals surface area contributed by atoms with Gasteiger partial charge in [-0.3, -0.25) is 0 Å². The average molecular weight is 389 g/mol. The fourth-order valence-electron chi connectivity index (χ4n) is 2.82. The van der Waals surface area contributed by atoms with Gasteiger partial charge < -0.3 is 13.9 Å². The molecule has 0 saturated heterocycles. The van der Waals surface area contributed by atoms with Crippen LogP contribution in [0.1, 0.15) is 0 Å². The molecule has 0 atom stereocenters. The van der Waals surface area contributed by atoms with Crippen LogP contribution in [0.25, 0.3) is 22.6 Å². The van der Waals surface area contributed by atoms with E-state index in [0.717, 1.165) is 39.0 Å². The van der Waals surface area contributed by atoms with Crippen molar-refractivity contribution >= 4 is 11.8 Å². The maximum atomic E-state index is 6.17. The van der Waals surface area contributed by atoms with Crippen molar-refractivity contribution in [2.24, 2.45) is 0 Å². The second-order valence-electron chi connectivity index (χ2n) is 6.03. The highest BCUT2D eigenvalue weighted by Gasteiger charge is 2.18. The molecule has 0 unspecified atom stereocenters. The van der Waals surface area contributed by atoms with E-state index in [0.29, 0.717) is 5.22 Å². The Kier molecular flexibility index (Phi) is 5.35. The zero-order chi connectivity index (χ0) is 19.3. The summed E-state index contributed by atoms with van der Waals surface area (Å²) in [5, 5.41) is 0.600. The average Bonchev–Trinajstić information content (AvgIpc) is 3.18. The minimum absolute atomic E-state index is 0.600. The highest BCUT2D eigenvalue weighted by molar-refractivity contribution is 7.99. The van der Waals surface area contributed by atoms with Gasteiger partial charge in [0.15, 0.2) is 5.76 Å². The summed E-state index contributed by atoms with van der Waals surface area (Å²) in [5.74, 6) is 2.33. The topological polar surface area (TPSA) is 44.5 Å². The Bertz CT molecular complexity index is 977. The van der Waals surface area contributed by atoms with E-state index in [1.165, 1.54) is 11.8 Å². The van der Waals surface area contributed by atoms with Gasteiger partial charge in [-0.25, -0.2) is 4.98 Å². The molecule has 0 radical (unpaired) electrons. The molecular weight excluding hydrogens is 370 g/mol. The molecule has 0 saturated carbocycles. The third-order valence-electron chi connectivity index (χ3n) is 4.27. The minimum Gasteiger partial charge on any atom is -0.497 e. The number of oxazole rings is 1. The van der Waals surface area contributed by atoms with Crippen molar-refractivity contribution < 1.29 is 13.9 Å². The van der Waals surface area contributed by atoms with Gasteiger partial charge in [0, 0.05) is 16.0 Å². The lowest BCUT2D eigenvalue weighted by Gasteiger charge is -2.04. The number of ether oxygens (including phenoxy) is 2. The van der Waals surface area contributed by atoms with Crippen LogP contribution < -0.4 is 9.47 Å². The number of rotatable bonds is 6. The van der Waals surface area contributed by atoms with E-state index >= 15 is 0 Å². The molecule has 0 N–H and O–H groups in total. The summed E-state index contributed by atoms with van der Waals surface area (Å²) in [6.45, 7) is 0. The van der Waals surface area contributed by atoms with Crippen LogP contribution in [0.15, 0.2) is 93.4 Å². The Morgan fingerprint density at radius 3 is 1.86 bits per heavy atom. The molecule has 0 aliphatic heterocycles. The predicted octanol–water partition coefficient (Wildman–Crippen LogP) is 6.18. The molecular formula is C23H19NO3S. The first-order valence-corrected chi connectivity index (χ1v) is 9.61. The van der Waals surface area contributed by atoms with E-state index in [4.69, 9.17) is 18.9 Å². The summed E-state index contributed by atoms with van der Waals surface area (Å²) >= 11 is 1.50. The van der Waals surface area contributed by atoms with E-state index in [-0.39, 0.29) is 0 Å². The third-order valence-corrected chi connectivity index (χ3v) is 5.13. The van der Waals surface area contributed by atoms with E-state index in [2.05, 4.69) is 0 Å². The lowest BCUT2D eigenvalue weighted by molar-refractivity contribution is 0.414. The van der Waals surface area contributed by atoms with Crippen molar-refractivity contribution in [3.05, 3.63) is 78.9 Å². The Labute approximate surface area is 168 Å². The number of hydrogen-bond donors (Lipinski definition) is 0. The Balaban J connectivity index is 1.76. The molecule has 4 nitrogen and oxygen atoms in total. The summed E-state index contributed by atoms with van der Waals surface area (Å²) < 4.78 is 16.7. The molecule has 28 heavy (non-hydrogen) atoms. The fourth-order valence-corrected chi connectivity index (χ4v) is 3.57. The van der Waals surface area contributed by atoms with Gasteiger partial charge in [-0.1, -0.05) is 18.2 Å². The van der Waals surface area contributed by atoms with E-state index in [1.807, 2.05) is 78.9 Å². The van der Waals surface area contributed by atoms with Crippen molar-refractivity contribution in [1.82, 2.24) is 4.98 Å². The van der Waals surface area contributed by atoms with Gasteiger partial charge in [0.05, 0.1) is 14.2 Å². The highest BCUT2D eigenvalue weighted by atomic mass is 32.2. The van der Waals surface area contributed by atoms with Crippen LogP contribution in [0.5, 0.6) is 11.5 Å². The van der Waals surface area contributed by atoms with E-state index in [9.17, 15) is 0 Å². The van der Waals surface area contributed by atoms with Gasteiger partial charge >= 0.3 is 0 Å². The maximum absolute atomic E-state index is 6.17. The molecule has 1 heterocycles. The van der Waals surface area contributed by atoms with Gasteiger partial charge in [0.25, 0.3) is 5.22 Å². The van der Waals surface area contributed by atoms with Gasteiger partial charge in [-0.05, 0) is 72.4 Å². The first kappa shape index (κ1) is 18.2. The second kappa shape index (κ2) is 8.23. The largest absolute Gasteiger partial charge is 0.497 e. The lowest BCUT2D eigenvalue weighted by Crippen LogP contribution is -1.86. The van der Waals surface area contributed by atoms with Crippen LogP contribution in [-0.4, -0.2) is 19.2 Å². The van der Waals surface area contributed by atoms with E-state index < -0.39 is 0 Å². The molecule has 0 aliphatic rings. The highest BCUT2D eigenvalue weighted by Crippen LogP contribution is 2.38. The molecule has 5 heteroatoms. The van der Waals surface area contributed by atoms with Crippen molar-refractivity contribution in [2.75, 3.05) is 14.2 Å². The van der Waals surface area contributed by atoms with Crippen molar-refractivity contribution in [3.63, 3.8) is 0 Å². The summed E-state index contributed by atoms with van der Waals surface area (Å²) in [5.41, 5.74) is 2.71. The Morgan fingerprint density at radius 2 is 1.29 bits per heavy atom. The fraction of sp³-hybridized carbons (Fsp3) is 0.0870. The zero-order valence-corrected chi connectivity index (χ0v) is 16.4. The van der Waals surface area contributed by atoms with Crippen molar-refractivity contribution in [1.29, 1.82) is 0 Å². The molecule has 1 aromatic heterocycles. The standard InChI is InChI=1S/C23H19NO3S/c1-25-18-12-8-16(9-13-18)21-22(17-10-14-19(26-2)15-11-17)27-23(24-21)28-20-6-4-3-5-7-20/h3-15H,1-2H3. The first-order chi connectivity index (χ1) is 13.8. The molecule has 140 valence electrons. The molecule has 0 amide bonds. The number of aromatic nitrogens is 1. The van der Waals surface area contributed by atoms with Crippen molar-refractivity contribution in [3.8, 4) is 34.1 Å². The van der Waals surface area contributed by atoms with E-state index in [1.54, 1.807) is 14.2 Å². The molecule has 0 bridgehead atoms. The minimum atomic E-state index is 0.600. The number of methoxy groups -OCH3 is 2. The zero-order valence-electron chi connectivity index (χ0n) is 15.6. The SMILES string of the molecule is COc1ccc(-c2nc(Sc3ccccc3)oc2-c2ccc(OC)cc2)cc1. The molecule has 0 fully saturated rings. The van der Waals surface area contributed by atoms with Gasteiger partial charge in [0.1, 0.15) is 17.2 Å². The third kappa shape index (κ3) is 3.89. The van der Waals surface area contributed by atoms with Crippen molar-refractivity contribution in [2.45, 2.75) is 10.1 Å². The molecule has 0 aliphatic carbocycles. The molecule has 0 spiro atoms. The van der Waals surface area contributed by atoms with Gasteiger partial charge in [-0.2, -0.15) is 0 Å². The Morgan fingerprint density at radius 1 is 0.714 bits per heavy atom. The number of benzene rings is 3.